The number of halogens is 1. The van der Waals surface area contributed by atoms with E-state index in [9.17, 15) is 4.79 Å². The van der Waals surface area contributed by atoms with Crippen LogP contribution < -0.4 is 4.74 Å². The molecule has 0 aliphatic carbocycles. The lowest BCUT2D eigenvalue weighted by atomic mass is 9.94. The van der Waals surface area contributed by atoms with Crippen LogP contribution in [-0.4, -0.2) is 12.9 Å². The van der Waals surface area contributed by atoms with E-state index in [1.807, 2.05) is 13.0 Å². The SMILES string of the molecule is COc1c(C(C)C)cc(Br)c(C)c1C(C)=O. The van der Waals surface area contributed by atoms with Gasteiger partial charge in [-0.15, -0.1) is 0 Å². The Labute approximate surface area is 105 Å². The van der Waals surface area contributed by atoms with Crippen LogP contribution in [-0.2, 0) is 0 Å². The third-order valence-corrected chi connectivity index (χ3v) is 3.51. The largest absolute Gasteiger partial charge is 0.496 e. The Bertz CT molecular complexity index is 422. The van der Waals surface area contributed by atoms with E-state index in [-0.39, 0.29) is 5.78 Å². The fraction of sp³-hybridized carbons (Fsp3) is 0.462. The van der Waals surface area contributed by atoms with E-state index in [2.05, 4.69) is 29.8 Å². The number of benzene rings is 1. The summed E-state index contributed by atoms with van der Waals surface area (Å²) in [6, 6.07) is 2.03. The highest BCUT2D eigenvalue weighted by molar-refractivity contribution is 9.10. The van der Waals surface area contributed by atoms with Crippen LogP contribution in [0.5, 0.6) is 5.75 Å². The lowest BCUT2D eigenvalue weighted by molar-refractivity contribution is 0.101. The highest BCUT2D eigenvalue weighted by Crippen LogP contribution is 2.36. The minimum atomic E-state index is 0.0394. The molecule has 1 aromatic carbocycles. The molecule has 0 aliphatic rings. The van der Waals surface area contributed by atoms with Gasteiger partial charge in [0.05, 0.1) is 12.7 Å². The van der Waals surface area contributed by atoms with Crippen LogP contribution in [0, 0.1) is 6.92 Å². The average Bonchev–Trinajstić information content (AvgIpc) is 2.20. The maximum Gasteiger partial charge on any atom is 0.163 e. The molecule has 0 heterocycles. The lowest BCUT2D eigenvalue weighted by Crippen LogP contribution is -2.06. The van der Waals surface area contributed by atoms with Gasteiger partial charge < -0.3 is 4.74 Å². The summed E-state index contributed by atoms with van der Waals surface area (Å²) < 4.78 is 6.35. The van der Waals surface area contributed by atoms with Crippen molar-refractivity contribution in [3.05, 3.63) is 27.2 Å². The summed E-state index contributed by atoms with van der Waals surface area (Å²) in [6.07, 6.45) is 0. The van der Waals surface area contributed by atoms with Crippen molar-refractivity contribution >= 4 is 21.7 Å². The van der Waals surface area contributed by atoms with Crippen LogP contribution >= 0.6 is 15.9 Å². The number of ether oxygens (including phenoxy) is 1. The highest BCUT2D eigenvalue weighted by Gasteiger charge is 2.19. The fourth-order valence-electron chi connectivity index (χ4n) is 1.82. The second kappa shape index (κ2) is 5.00. The lowest BCUT2D eigenvalue weighted by Gasteiger charge is -2.18. The standard InChI is InChI=1S/C13H17BrO2/c1-7(2)10-6-11(14)8(3)12(9(4)15)13(10)16-5/h6-7H,1-5H3. The van der Waals surface area contributed by atoms with Gasteiger partial charge in [0.25, 0.3) is 0 Å². The summed E-state index contributed by atoms with van der Waals surface area (Å²) in [7, 11) is 1.61. The Kier molecular flexibility index (Phi) is 4.14. The van der Waals surface area contributed by atoms with E-state index in [1.165, 1.54) is 0 Å². The van der Waals surface area contributed by atoms with Crippen molar-refractivity contribution in [2.75, 3.05) is 7.11 Å². The first-order valence-corrected chi connectivity index (χ1v) is 6.07. The molecule has 0 saturated carbocycles. The molecule has 0 N–H and O–H groups in total. The van der Waals surface area contributed by atoms with Gasteiger partial charge in [-0.3, -0.25) is 4.79 Å². The summed E-state index contributed by atoms with van der Waals surface area (Å²) >= 11 is 3.49. The van der Waals surface area contributed by atoms with Gasteiger partial charge in [-0.05, 0) is 37.0 Å². The van der Waals surface area contributed by atoms with Crippen LogP contribution in [0.4, 0.5) is 0 Å². The van der Waals surface area contributed by atoms with Crippen LogP contribution in [0.25, 0.3) is 0 Å². The average molecular weight is 285 g/mol. The molecule has 0 spiro atoms. The number of carbonyl (C=O) groups is 1. The van der Waals surface area contributed by atoms with Gasteiger partial charge in [0.1, 0.15) is 5.75 Å². The Morgan fingerprint density at radius 1 is 1.44 bits per heavy atom. The topological polar surface area (TPSA) is 26.3 Å². The monoisotopic (exact) mass is 284 g/mol. The summed E-state index contributed by atoms with van der Waals surface area (Å²) in [6.45, 7) is 7.67. The third kappa shape index (κ3) is 2.29. The van der Waals surface area contributed by atoms with Crippen LogP contribution in [0.15, 0.2) is 10.5 Å². The zero-order chi connectivity index (χ0) is 12.5. The minimum Gasteiger partial charge on any atom is -0.496 e. The minimum absolute atomic E-state index is 0.0394. The van der Waals surface area contributed by atoms with E-state index < -0.39 is 0 Å². The Morgan fingerprint density at radius 3 is 2.38 bits per heavy atom. The molecule has 1 aromatic rings. The van der Waals surface area contributed by atoms with Gasteiger partial charge in [0.15, 0.2) is 5.78 Å². The molecule has 0 aliphatic heterocycles. The summed E-state index contributed by atoms with van der Waals surface area (Å²) in [4.78, 5) is 11.7. The second-order valence-electron chi connectivity index (χ2n) is 4.19. The van der Waals surface area contributed by atoms with Crippen molar-refractivity contribution in [1.29, 1.82) is 0 Å². The number of methoxy groups -OCH3 is 1. The fourth-order valence-corrected chi connectivity index (χ4v) is 2.26. The Balaban J connectivity index is 3.62. The summed E-state index contributed by atoms with van der Waals surface area (Å²) in [5.41, 5.74) is 2.68. The van der Waals surface area contributed by atoms with E-state index in [0.717, 1.165) is 15.6 Å². The van der Waals surface area contributed by atoms with Crippen molar-refractivity contribution in [2.45, 2.75) is 33.6 Å². The zero-order valence-electron chi connectivity index (χ0n) is 10.3. The molecule has 88 valence electrons. The molecule has 3 heteroatoms. The third-order valence-electron chi connectivity index (χ3n) is 2.68. The first-order chi connectivity index (χ1) is 7.40. The van der Waals surface area contributed by atoms with E-state index >= 15 is 0 Å². The van der Waals surface area contributed by atoms with Gasteiger partial charge >= 0.3 is 0 Å². The smallest absolute Gasteiger partial charge is 0.163 e. The Hall–Kier alpha value is -0.830. The zero-order valence-corrected chi connectivity index (χ0v) is 11.9. The maximum absolute atomic E-state index is 11.7. The van der Waals surface area contributed by atoms with E-state index in [1.54, 1.807) is 14.0 Å². The molecule has 0 saturated heterocycles. The predicted molar refractivity (Wildman–Crippen MR) is 69.5 cm³/mol. The molecule has 16 heavy (non-hydrogen) atoms. The van der Waals surface area contributed by atoms with Gasteiger partial charge in [0.2, 0.25) is 0 Å². The van der Waals surface area contributed by atoms with E-state index in [4.69, 9.17) is 4.74 Å². The summed E-state index contributed by atoms with van der Waals surface area (Å²) in [5, 5.41) is 0. The van der Waals surface area contributed by atoms with Gasteiger partial charge in [-0.1, -0.05) is 29.8 Å². The number of hydrogen-bond donors (Lipinski definition) is 0. The second-order valence-corrected chi connectivity index (χ2v) is 5.05. The Morgan fingerprint density at radius 2 is 2.00 bits per heavy atom. The first kappa shape index (κ1) is 13.2. The molecule has 1 rings (SSSR count). The van der Waals surface area contributed by atoms with Crippen molar-refractivity contribution in [3.8, 4) is 5.75 Å². The molecule has 0 atom stereocenters. The molecular weight excluding hydrogens is 268 g/mol. The molecule has 0 unspecified atom stereocenters. The molecular formula is C13H17BrO2. The molecule has 0 radical (unpaired) electrons. The number of hydrogen-bond acceptors (Lipinski definition) is 2. The number of carbonyl (C=O) groups excluding carboxylic acids is 1. The quantitative estimate of drug-likeness (QED) is 0.782. The number of Topliss-reactive ketones (excluding diaryl/α,β-unsaturated/α-hetero) is 1. The maximum atomic E-state index is 11.7. The highest BCUT2D eigenvalue weighted by atomic mass is 79.9. The molecule has 2 nitrogen and oxygen atoms in total. The number of ketones is 1. The predicted octanol–water partition coefficient (Wildman–Crippen LogP) is 4.09. The normalized spacial score (nSPS) is 10.7. The van der Waals surface area contributed by atoms with Gasteiger partial charge in [-0.25, -0.2) is 0 Å². The van der Waals surface area contributed by atoms with Crippen molar-refractivity contribution in [1.82, 2.24) is 0 Å². The van der Waals surface area contributed by atoms with Crippen LogP contribution in [0.1, 0.15) is 48.2 Å². The summed E-state index contributed by atoms with van der Waals surface area (Å²) in [5.74, 6) is 1.07. The molecule has 0 fully saturated rings. The van der Waals surface area contributed by atoms with Crippen LogP contribution in [0.2, 0.25) is 0 Å². The van der Waals surface area contributed by atoms with Crippen molar-refractivity contribution in [2.24, 2.45) is 0 Å². The van der Waals surface area contributed by atoms with E-state index in [0.29, 0.717) is 17.2 Å². The number of rotatable bonds is 3. The molecule has 0 bridgehead atoms. The van der Waals surface area contributed by atoms with Crippen molar-refractivity contribution < 1.29 is 9.53 Å². The van der Waals surface area contributed by atoms with Gasteiger partial charge in [-0.2, -0.15) is 0 Å². The molecule has 0 amide bonds. The first-order valence-electron chi connectivity index (χ1n) is 5.28. The van der Waals surface area contributed by atoms with Crippen LogP contribution in [0.3, 0.4) is 0 Å². The van der Waals surface area contributed by atoms with Crippen molar-refractivity contribution in [3.63, 3.8) is 0 Å². The van der Waals surface area contributed by atoms with Gasteiger partial charge in [0, 0.05) is 4.47 Å². The molecule has 0 aromatic heterocycles.